The van der Waals surface area contributed by atoms with Crippen LogP contribution in [0.15, 0.2) is 212 Å². The number of benzene rings is 11. The summed E-state index contributed by atoms with van der Waals surface area (Å²) in [7, 11) is 0. The van der Waals surface area contributed by atoms with Gasteiger partial charge in [-0.15, -0.1) is 0 Å². The van der Waals surface area contributed by atoms with Crippen molar-refractivity contribution in [2.45, 2.75) is 23.2 Å². The van der Waals surface area contributed by atoms with Crippen molar-refractivity contribution in [1.82, 2.24) is 0 Å². The standard InChI is InChI=1S/C77H44N2/c1-5-13-39(14-6-1)78(40-15-7-2-8-16-40)43-25-21-37(22-26-43)77(38-23-27-44(28-24-38)79(41-17-9-3-10-18-41)42-19-11-4-12-20-42)75-61-51-35-33-49-47-31-29-45-46-30-32-48-50-34-36-52-60-58(50)65-56(48)54(46)63-53(45)55(47)64-57(49)59(51)66-68(61)69(62(52)76(75)77)67(60)74-72(65)70(63)71(64)73(66)74/h1-36,47,49,51,55,57,59,75-76H. The molecule has 23 rings (SSSR count). The van der Waals surface area contributed by atoms with E-state index in [4.69, 9.17) is 0 Å². The number of hydrogen-bond donors (Lipinski definition) is 0. The zero-order valence-corrected chi connectivity index (χ0v) is 42.8. The lowest BCUT2D eigenvalue weighted by Gasteiger charge is -2.38. The Balaban J connectivity index is 0.849. The van der Waals surface area contributed by atoms with E-state index in [1.165, 1.54) is 49.6 Å². The Labute approximate surface area is 453 Å². The lowest BCUT2D eigenvalue weighted by molar-refractivity contribution is 0.344. The molecule has 2 saturated carbocycles. The van der Waals surface area contributed by atoms with Gasteiger partial charge >= 0.3 is 0 Å². The lowest BCUT2D eigenvalue weighted by atomic mass is 9.64. The molecule has 15 aromatic carbocycles. The van der Waals surface area contributed by atoms with E-state index in [1.54, 1.807) is 97.3 Å². The van der Waals surface area contributed by atoms with Crippen LogP contribution in [-0.4, -0.2) is 0 Å². The average molecular weight is 997 g/mol. The molecule has 2 fully saturated rings. The topological polar surface area (TPSA) is 6.48 Å². The van der Waals surface area contributed by atoms with Gasteiger partial charge < -0.3 is 9.80 Å². The molecular weight excluding hydrogens is 953 g/mol. The van der Waals surface area contributed by atoms with E-state index in [-0.39, 0.29) is 11.3 Å². The van der Waals surface area contributed by atoms with Crippen LogP contribution in [0.3, 0.4) is 0 Å². The highest BCUT2D eigenvalue weighted by molar-refractivity contribution is 6.57. The SMILES string of the molecule is C1=CC2C3C4=c5c6c7c8c9c(c%10ccc%11c%12ccc%13c1c3c1c5c3c6c9c%10c%11c3c%12c%131)C1C(C=8C3C=CC2C4C73)C1(c1ccc(N(c2ccccc2)c2ccccc2)cc1)c1ccc(N(c2ccccc2)c2ccccc2)cc1. The van der Waals surface area contributed by atoms with E-state index in [9.17, 15) is 0 Å². The third kappa shape index (κ3) is 3.89. The molecule has 0 radical (unpaired) electrons. The molecular formula is C77H44N2. The maximum Gasteiger partial charge on any atom is 0.0461 e. The number of anilines is 6. The fourth-order valence-electron chi connectivity index (χ4n) is 20.5. The molecule has 79 heavy (non-hydrogen) atoms. The summed E-state index contributed by atoms with van der Waals surface area (Å²) in [6, 6.07) is 73.9. The summed E-state index contributed by atoms with van der Waals surface area (Å²) < 4.78 is 0. The molecule has 362 valence electrons. The van der Waals surface area contributed by atoms with E-state index < -0.39 is 0 Å². The molecule has 8 unspecified atom stereocenters. The van der Waals surface area contributed by atoms with Gasteiger partial charge in [0, 0.05) is 69.1 Å². The van der Waals surface area contributed by atoms with Crippen LogP contribution in [0, 0.1) is 29.6 Å². The van der Waals surface area contributed by atoms with Crippen LogP contribution in [-0.2, 0) is 5.41 Å². The van der Waals surface area contributed by atoms with Gasteiger partial charge in [-0.05, 0) is 232 Å². The van der Waals surface area contributed by atoms with Gasteiger partial charge in [-0.1, -0.05) is 146 Å². The van der Waals surface area contributed by atoms with Crippen molar-refractivity contribution in [3.8, 4) is 0 Å². The monoisotopic (exact) mass is 996 g/mol. The maximum absolute atomic E-state index is 2.80. The minimum absolute atomic E-state index is 0.262. The van der Waals surface area contributed by atoms with Gasteiger partial charge in [0.25, 0.3) is 0 Å². The van der Waals surface area contributed by atoms with Gasteiger partial charge in [0.1, 0.15) is 0 Å². The highest BCUT2D eigenvalue weighted by Gasteiger charge is 2.73. The summed E-state index contributed by atoms with van der Waals surface area (Å²) in [4.78, 5) is 4.85. The molecule has 0 heterocycles. The van der Waals surface area contributed by atoms with Gasteiger partial charge in [0.15, 0.2) is 0 Å². The van der Waals surface area contributed by atoms with E-state index in [2.05, 4.69) is 228 Å². The van der Waals surface area contributed by atoms with Crippen LogP contribution in [0.2, 0.25) is 0 Å². The van der Waals surface area contributed by atoms with Gasteiger partial charge in [-0.3, -0.25) is 0 Å². The molecule has 8 aliphatic rings. The second-order valence-corrected chi connectivity index (χ2v) is 25.0. The largest absolute Gasteiger partial charge is 0.311 e. The molecule has 8 atom stereocenters. The summed E-state index contributed by atoms with van der Waals surface area (Å²) in [5.74, 6) is 3.36. The van der Waals surface area contributed by atoms with E-state index in [1.807, 2.05) is 5.57 Å². The molecule has 0 bridgehead atoms. The normalized spacial score (nSPS) is 24.4. The fraction of sp³-hybridized carbons (Fsp3) is 0.117. The van der Waals surface area contributed by atoms with Gasteiger partial charge in [0.2, 0.25) is 0 Å². The molecule has 8 aliphatic carbocycles. The first-order chi connectivity index (χ1) is 39.3. The second kappa shape index (κ2) is 12.5. The van der Waals surface area contributed by atoms with Crippen LogP contribution < -0.4 is 20.2 Å². The molecule has 0 aromatic heterocycles. The molecule has 0 amide bonds. The summed E-state index contributed by atoms with van der Waals surface area (Å²) >= 11 is 0. The summed E-state index contributed by atoms with van der Waals surface area (Å²) in [5, 5.41) is 28.6. The van der Waals surface area contributed by atoms with Crippen LogP contribution in [0.1, 0.15) is 51.1 Å². The van der Waals surface area contributed by atoms with Crippen molar-refractivity contribution in [2.24, 2.45) is 29.6 Å². The first-order valence-corrected chi connectivity index (χ1v) is 29.0. The van der Waals surface area contributed by atoms with Gasteiger partial charge in [-0.25, -0.2) is 0 Å². The predicted molar refractivity (Wildman–Crippen MR) is 327 cm³/mol. The molecule has 2 heteroatoms. The summed E-state index contributed by atoms with van der Waals surface area (Å²) in [5.41, 5.74) is 19.7. The minimum Gasteiger partial charge on any atom is -0.311 e. The van der Waals surface area contributed by atoms with Gasteiger partial charge in [-0.2, -0.15) is 0 Å². The van der Waals surface area contributed by atoms with Crippen LogP contribution >= 0.6 is 0 Å². The van der Waals surface area contributed by atoms with Crippen molar-refractivity contribution in [3.05, 3.63) is 256 Å². The van der Waals surface area contributed by atoms with E-state index >= 15 is 0 Å². The minimum atomic E-state index is -0.319. The number of rotatable bonds is 8. The zero-order chi connectivity index (χ0) is 50.2. The second-order valence-electron chi connectivity index (χ2n) is 25.0. The summed E-state index contributed by atoms with van der Waals surface area (Å²) in [6.07, 6.45) is 10.9. The zero-order valence-electron chi connectivity index (χ0n) is 42.8. The first kappa shape index (κ1) is 39.2. The summed E-state index contributed by atoms with van der Waals surface area (Å²) in [6.45, 7) is 0. The third-order valence-electron chi connectivity index (χ3n) is 22.6. The number of hydrogen-bond acceptors (Lipinski definition) is 2. The first-order valence-electron chi connectivity index (χ1n) is 29.0. The van der Waals surface area contributed by atoms with E-state index in [0.717, 1.165) is 22.7 Å². The van der Waals surface area contributed by atoms with E-state index in [0.29, 0.717) is 41.4 Å². The Morgan fingerprint density at radius 2 is 0.785 bits per heavy atom. The fourth-order valence-corrected chi connectivity index (χ4v) is 20.5. The highest BCUT2D eigenvalue weighted by atomic mass is 15.1. The van der Waals surface area contributed by atoms with Crippen molar-refractivity contribution >= 4 is 138 Å². The van der Waals surface area contributed by atoms with Gasteiger partial charge in [0.05, 0.1) is 0 Å². The van der Waals surface area contributed by atoms with Crippen molar-refractivity contribution in [1.29, 1.82) is 0 Å². The number of allylic oxidation sites excluding steroid dienone is 3. The maximum atomic E-state index is 2.80. The average Bonchev–Trinajstić information content (AvgIpc) is 2.91. The third-order valence-corrected chi connectivity index (χ3v) is 22.6. The Hall–Kier alpha value is -9.24. The molecule has 15 aromatic rings. The smallest absolute Gasteiger partial charge is 0.0461 e. The molecule has 0 N–H and O–H groups in total. The van der Waals surface area contributed by atoms with Crippen molar-refractivity contribution in [3.63, 3.8) is 0 Å². The van der Waals surface area contributed by atoms with Crippen molar-refractivity contribution in [2.75, 3.05) is 9.80 Å². The van der Waals surface area contributed by atoms with Crippen LogP contribution in [0.25, 0.3) is 103 Å². The Bertz CT molecular complexity index is 5240. The van der Waals surface area contributed by atoms with Crippen molar-refractivity contribution < 1.29 is 0 Å². The molecule has 2 nitrogen and oxygen atoms in total. The Kier molecular flexibility index (Phi) is 6.21. The van der Waals surface area contributed by atoms with Crippen LogP contribution in [0.5, 0.6) is 0 Å². The molecule has 0 aliphatic heterocycles. The molecule has 0 saturated heterocycles. The van der Waals surface area contributed by atoms with Crippen LogP contribution in [0.4, 0.5) is 34.1 Å². The predicted octanol–water partition coefficient (Wildman–Crippen LogP) is 17.8. The Morgan fingerprint density at radius 1 is 0.304 bits per heavy atom. The lowest BCUT2D eigenvalue weighted by Crippen LogP contribution is -2.33. The number of para-hydroxylation sites is 4. The molecule has 0 spiro atoms. The number of fused-ring (bicyclic) bond motifs is 8. The number of nitrogens with zero attached hydrogens (tertiary/aromatic N) is 2. The quantitative estimate of drug-likeness (QED) is 0.111. The Morgan fingerprint density at radius 3 is 1.38 bits per heavy atom. The highest BCUT2D eigenvalue weighted by Crippen LogP contribution is 2.80.